The number of hydrogen-bond donors (Lipinski definition) is 1. The molecule has 1 aliphatic rings. The van der Waals surface area contributed by atoms with Crippen molar-refractivity contribution in [3.05, 3.63) is 0 Å². The van der Waals surface area contributed by atoms with E-state index in [1.807, 2.05) is 0 Å². The number of carbonyl (C=O) groups is 3. The standard InChI is InChI=1S/C14H25N3O4/c1-15(2)12(18)10-16(3)14(21)17-9-5-4-6-11(17)7-8-13(19)20/h11H,4-10H2,1-3H3,(H,19,20). The topological polar surface area (TPSA) is 81.2 Å². The maximum absolute atomic E-state index is 12.4. The van der Waals surface area contributed by atoms with Crippen molar-refractivity contribution >= 4 is 17.9 Å². The average Bonchev–Trinajstić information content (AvgIpc) is 2.44. The Hall–Kier alpha value is -1.79. The van der Waals surface area contributed by atoms with Crippen LogP contribution in [0, 0.1) is 0 Å². The SMILES string of the molecule is CN(C)C(=O)CN(C)C(=O)N1CCCCC1CCC(=O)O. The molecular weight excluding hydrogens is 274 g/mol. The van der Waals surface area contributed by atoms with Gasteiger partial charge in [0.25, 0.3) is 0 Å². The maximum Gasteiger partial charge on any atom is 0.320 e. The summed E-state index contributed by atoms with van der Waals surface area (Å²) in [6.07, 6.45) is 3.29. The Morgan fingerprint density at radius 2 is 1.86 bits per heavy atom. The van der Waals surface area contributed by atoms with Crippen molar-refractivity contribution in [2.24, 2.45) is 0 Å². The van der Waals surface area contributed by atoms with Crippen LogP contribution in [0.3, 0.4) is 0 Å². The van der Waals surface area contributed by atoms with Gasteiger partial charge in [-0.05, 0) is 25.7 Å². The monoisotopic (exact) mass is 299 g/mol. The van der Waals surface area contributed by atoms with Crippen molar-refractivity contribution in [3.8, 4) is 0 Å². The molecule has 1 rings (SSSR count). The first kappa shape index (κ1) is 17.3. The summed E-state index contributed by atoms with van der Waals surface area (Å²) >= 11 is 0. The number of hydrogen-bond acceptors (Lipinski definition) is 3. The molecule has 120 valence electrons. The van der Waals surface area contributed by atoms with Gasteiger partial charge in [0, 0.05) is 40.2 Å². The number of carboxylic acid groups (broad SMARTS) is 1. The Bertz CT molecular complexity index is 398. The summed E-state index contributed by atoms with van der Waals surface area (Å²) in [5.74, 6) is -0.978. The van der Waals surface area contributed by atoms with E-state index in [0.29, 0.717) is 13.0 Å². The minimum atomic E-state index is -0.843. The summed E-state index contributed by atoms with van der Waals surface area (Å²) in [6.45, 7) is 0.664. The van der Waals surface area contributed by atoms with Gasteiger partial charge in [0.15, 0.2) is 0 Å². The number of nitrogens with zero attached hydrogens (tertiary/aromatic N) is 3. The lowest BCUT2D eigenvalue weighted by Gasteiger charge is -2.38. The molecular formula is C14H25N3O4. The summed E-state index contributed by atoms with van der Waals surface area (Å²) in [5.41, 5.74) is 0. The number of amides is 3. The Morgan fingerprint density at radius 3 is 2.43 bits per heavy atom. The second kappa shape index (κ2) is 7.85. The highest BCUT2D eigenvalue weighted by atomic mass is 16.4. The number of aliphatic carboxylic acids is 1. The van der Waals surface area contributed by atoms with Crippen molar-refractivity contribution in [1.29, 1.82) is 0 Å². The number of likely N-dealkylation sites (N-methyl/N-ethyl adjacent to an activating group) is 2. The summed E-state index contributed by atoms with van der Waals surface area (Å²) in [5, 5.41) is 8.79. The number of likely N-dealkylation sites (tertiary alicyclic amines) is 1. The van der Waals surface area contributed by atoms with Crippen molar-refractivity contribution in [3.63, 3.8) is 0 Å². The molecule has 1 N–H and O–H groups in total. The van der Waals surface area contributed by atoms with Crippen LogP contribution in [-0.2, 0) is 9.59 Å². The molecule has 0 radical (unpaired) electrons. The zero-order chi connectivity index (χ0) is 16.0. The highest BCUT2D eigenvalue weighted by Gasteiger charge is 2.29. The molecule has 21 heavy (non-hydrogen) atoms. The average molecular weight is 299 g/mol. The third-order valence-electron chi connectivity index (χ3n) is 3.76. The molecule has 0 spiro atoms. The molecule has 1 saturated heterocycles. The Morgan fingerprint density at radius 1 is 1.19 bits per heavy atom. The second-order valence-corrected chi connectivity index (χ2v) is 5.70. The number of carboxylic acids is 1. The van der Waals surface area contributed by atoms with Crippen molar-refractivity contribution in [1.82, 2.24) is 14.7 Å². The molecule has 0 aliphatic carbocycles. The largest absolute Gasteiger partial charge is 0.481 e. The fourth-order valence-electron chi connectivity index (χ4n) is 2.47. The molecule has 1 fully saturated rings. The molecule has 0 bridgehead atoms. The van der Waals surface area contributed by atoms with E-state index in [1.54, 1.807) is 26.0 Å². The predicted molar refractivity (Wildman–Crippen MR) is 77.9 cm³/mol. The van der Waals surface area contributed by atoms with E-state index in [0.717, 1.165) is 19.3 Å². The second-order valence-electron chi connectivity index (χ2n) is 5.70. The van der Waals surface area contributed by atoms with Crippen LogP contribution in [-0.4, -0.2) is 78.0 Å². The van der Waals surface area contributed by atoms with Crippen molar-refractivity contribution in [2.45, 2.75) is 38.1 Å². The van der Waals surface area contributed by atoms with Crippen LogP contribution in [0.5, 0.6) is 0 Å². The molecule has 0 aromatic rings. The molecule has 1 unspecified atom stereocenters. The van der Waals surface area contributed by atoms with Gasteiger partial charge >= 0.3 is 12.0 Å². The molecule has 0 aromatic heterocycles. The molecule has 0 aromatic carbocycles. The summed E-state index contributed by atoms with van der Waals surface area (Å²) in [7, 11) is 4.90. The van der Waals surface area contributed by atoms with E-state index in [2.05, 4.69) is 0 Å². The van der Waals surface area contributed by atoms with Gasteiger partial charge < -0.3 is 19.8 Å². The van der Waals surface area contributed by atoms with E-state index in [-0.39, 0.29) is 30.9 Å². The van der Waals surface area contributed by atoms with E-state index < -0.39 is 5.97 Å². The maximum atomic E-state index is 12.4. The van der Waals surface area contributed by atoms with E-state index in [1.165, 1.54) is 9.80 Å². The lowest BCUT2D eigenvalue weighted by atomic mass is 9.98. The minimum absolute atomic E-state index is 0.0357. The highest BCUT2D eigenvalue weighted by molar-refractivity contribution is 5.83. The normalized spacial score (nSPS) is 18.2. The predicted octanol–water partition coefficient (Wildman–Crippen LogP) is 0.846. The molecule has 3 amide bonds. The van der Waals surface area contributed by atoms with Crippen LogP contribution in [0.15, 0.2) is 0 Å². The molecule has 0 saturated carbocycles. The third kappa shape index (κ3) is 5.24. The molecule has 7 nitrogen and oxygen atoms in total. The first-order valence-electron chi connectivity index (χ1n) is 7.26. The number of rotatable bonds is 5. The zero-order valence-corrected chi connectivity index (χ0v) is 13.0. The fraction of sp³-hybridized carbons (Fsp3) is 0.786. The lowest BCUT2D eigenvalue weighted by molar-refractivity contribution is -0.137. The number of piperidine rings is 1. The van der Waals surface area contributed by atoms with Crippen LogP contribution < -0.4 is 0 Å². The van der Waals surface area contributed by atoms with Crippen LogP contribution >= 0.6 is 0 Å². The Balaban J connectivity index is 2.63. The number of carbonyl (C=O) groups excluding carboxylic acids is 2. The smallest absolute Gasteiger partial charge is 0.320 e. The van der Waals surface area contributed by atoms with Gasteiger partial charge in [0.1, 0.15) is 6.54 Å². The van der Waals surface area contributed by atoms with E-state index in [4.69, 9.17) is 5.11 Å². The van der Waals surface area contributed by atoms with Crippen LogP contribution in [0.25, 0.3) is 0 Å². The van der Waals surface area contributed by atoms with E-state index >= 15 is 0 Å². The van der Waals surface area contributed by atoms with Gasteiger partial charge in [-0.3, -0.25) is 9.59 Å². The van der Waals surface area contributed by atoms with Crippen LogP contribution in [0.1, 0.15) is 32.1 Å². The van der Waals surface area contributed by atoms with Gasteiger partial charge in [-0.2, -0.15) is 0 Å². The molecule has 1 atom stereocenters. The zero-order valence-electron chi connectivity index (χ0n) is 13.0. The van der Waals surface area contributed by atoms with Crippen molar-refractivity contribution < 1.29 is 19.5 Å². The van der Waals surface area contributed by atoms with Gasteiger partial charge in [0.2, 0.25) is 5.91 Å². The fourth-order valence-corrected chi connectivity index (χ4v) is 2.47. The number of urea groups is 1. The first-order chi connectivity index (χ1) is 9.82. The minimum Gasteiger partial charge on any atom is -0.481 e. The van der Waals surface area contributed by atoms with Crippen LogP contribution in [0.4, 0.5) is 4.79 Å². The quantitative estimate of drug-likeness (QED) is 0.816. The molecule has 7 heteroatoms. The molecule has 1 heterocycles. The van der Waals surface area contributed by atoms with Gasteiger partial charge in [-0.25, -0.2) is 4.79 Å². The Labute approximate surface area is 125 Å². The highest BCUT2D eigenvalue weighted by Crippen LogP contribution is 2.22. The van der Waals surface area contributed by atoms with Gasteiger partial charge in [-0.1, -0.05) is 0 Å². The van der Waals surface area contributed by atoms with Crippen molar-refractivity contribution in [2.75, 3.05) is 34.2 Å². The summed E-state index contributed by atoms with van der Waals surface area (Å²) in [4.78, 5) is 39.4. The summed E-state index contributed by atoms with van der Waals surface area (Å²) in [6, 6.07) is -0.237. The first-order valence-corrected chi connectivity index (χ1v) is 7.26. The molecule has 1 aliphatic heterocycles. The lowest BCUT2D eigenvalue weighted by Crippen LogP contribution is -2.51. The summed E-state index contributed by atoms with van der Waals surface area (Å²) < 4.78 is 0. The van der Waals surface area contributed by atoms with E-state index in [9.17, 15) is 14.4 Å². The third-order valence-corrected chi connectivity index (χ3v) is 3.76. The van der Waals surface area contributed by atoms with Gasteiger partial charge in [-0.15, -0.1) is 0 Å². The van der Waals surface area contributed by atoms with Crippen LogP contribution in [0.2, 0.25) is 0 Å². The van der Waals surface area contributed by atoms with Gasteiger partial charge in [0.05, 0.1) is 0 Å². The Kier molecular flexibility index (Phi) is 6.45.